The van der Waals surface area contributed by atoms with E-state index in [0.29, 0.717) is 23.0 Å². The van der Waals surface area contributed by atoms with Crippen molar-refractivity contribution >= 4 is 17.3 Å². The van der Waals surface area contributed by atoms with Gasteiger partial charge in [0.25, 0.3) is 0 Å². The molecule has 0 aliphatic heterocycles. The van der Waals surface area contributed by atoms with Crippen LogP contribution in [0.4, 0.5) is 10.1 Å². The van der Waals surface area contributed by atoms with Gasteiger partial charge in [-0.1, -0.05) is 35.9 Å². The molecule has 0 radical (unpaired) electrons. The molecule has 1 unspecified atom stereocenters. The van der Waals surface area contributed by atoms with Crippen LogP contribution in [-0.4, -0.2) is 12.6 Å². The Kier molecular flexibility index (Phi) is 4.63. The van der Waals surface area contributed by atoms with Gasteiger partial charge in [0.2, 0.25) is 0 Å². The van der Waals surface area contributed by atoms with Gasteiger partial charge in [-0.05, 0) is 31.2 Å². The molecule has 0 fully saturated rings. The van der Waals surface area contributed by atoms with Crippen molar-refractivity contribution in [3.63, 3.8) is 0 Å². The van der Waals surface area contributed by atoms with Crippen LogP contribution < -0.4 is 10.1 Å². The number of hydrogen-bond donors (Lipinski definition) is 1. The quantitative estimate of drug-likeness (QED) is 0.878. The number of halogens is 2. The Hall–Kier alpha value is -1.74. The lowest BCUT2D eigenvalue weighted by Gasteiger charge is -2.17. The molecule has 1 N–H and O–H groups in total. The molecule has 0 amide bonds. The molecule has 0 aromatic heterocycles. The Morgan fingerprint density at radius 1 is 1.16 bits per heavy atom. The molecule has 4 heteroatoms. The molecule has 0 saturated carbocycles. The van der Waals surface area contributed by atoms with Gasteiger partial charge < -0.3 is 10.1 Å². The average molecular weight is 280 g/mol. The topological polar surface area (TPSA) is 21.3 Å². The molecule has 2 rings (SSSR count). The van der Waals surface area contributed by atoms with E-state index in [1.807, 2.05) is 25.1 Å². The maximum absolute atomic E-state index is 13.4. The van der Waals surface area contributed by atoms with Crippen LogP contribution in [0.15, 0.2) is 48.5 Å². The second-order valence-electron chi connectivity index (χ2n) is 4.22. The van der Waals surface area contributed by atoms with Crippen LogP contribution in [0.1, 0.15) is 6.92 Å². The average Bonchev–Trinajstić information content (AvgIpc) is 2.40. The summed E-state index contributed by atoms with van der Waals surface area (Å²) in [5.74, 6) is 0.361. The molecule has 2 aromatic carbocycles. The summed E-state index contributed by atoms with van der Waals surface area (Å²) in [5.41, 5.74) is 0.470. The summed E-state index contributed by atoms with van der Waals surface area (Å²) < 4.78 is 19.1. The van der Waals surface area contributed by atoms with Gasteiger partial charge in [-0.3, -0.25) is 0 Å². The third-order valence-electron chi connectivity index (χ3n) is 2.62. The van der Waals surface area contributed by atoms with Crippen molar-refractivity contribution < 1.29 is 9.13 Å². The summed E-state index contributed by atoms with van der Waals surface area (Å²) in [4.78, 5) is 0. The summed E-state index contributed by atoms with van der Waals surface area (Å²) >= 11 is 6.01. The molecule has 0 aliphatic carbocycles. The molecule has 0 bridgehead atoms. The number of ether oxygens (including phenoxy) is 1. The maximum atomic E-state index is 13.4. The molecule has 19 heavy (non-hydrogen) atoms. The summed E-state index contributed by atoms with van der Waals surface area (Å²) in [6, 6.07) is 13.8. The molecule has 2 nitrogen and oxygen atoms in total. The monoisotopic (exact) mass is 279 g/mol. The van der Waals surface area contributed by atoms with Crippen molar-refractivity contribution in [3.8, 4) is 5.75 Å². The zero-order valence-electron chi connectivity index (χ0n) is 10.6. The summed E-state index contributed by atoms with van der Waals surface area (Å²) in [5, 5.41) is 3.58. The molecule has 1 atom stereocenters. The number of rotatable bonds is 5. The summed E-state index contributed by atoms with van der Waals surface area (Å²) in [6.45, 7) is 2.39. The van der Waals surface area contributed by atoms with Crippen LogP contribution in [-0.2, 0) is 0 Å². The maximum Gasteiger partial charge on any atom is 0.146 e. The van der Waals surface area contributed by atoms with Crippen molar-refractivity contribution in [1.82, 2.24) is 0 Å². The van der Waals surface area contributed by atoms with Crippen LogP contribution in [0.2, 0.25) is 5.02 Å². The fourth-order valence-electron chi connectivity index (χ4n) is 1.66. The first-order chi connectivity index (χ1) is 9.16. The molecule has 100 valence electrons. The highest BCUT2D eigenvalue weighted by molar-refractivity contribution is 6.32. The standard InChI is InChI=1S/C15H15ClFNO/c1-11(19-15-9-5-2-6-12(15)16)10-18-14-8-4-3-7-13(14)17/h2-9,11,18H,10H2,1H3. The Balaban J connectivity index is 1.90. The first kappa shape index (κ1) is 13.7. The van der Waals surface area contributed by atoms with Gasteiger partial charge in [0, 0.05) is 0 Å². The molecule has 0 saturated heterocycles. The molecule has 0 spiro atoms. The van der Waals surface area contributed by atoms with Crippen molar-refractivity contribution in [2.45, 2.75) is 13.0 Å². The van der Waals surface area contributed by atoms with E-state index in [1.54, 1.807) is 24.3 Å². The van der Waals surface area contributed by atoms with E-state index >= 15 is 0 Å². The number of benzene rings is 2. The SMILES string of the molecule is CC(CNc1ccccc1F)Oc1ccccc1Cl. The van der Waals surface area contributed by atoms with Crippen molar-refractivity contribution in [2.24, 2.45) is 0 Å². The highest BCUT2D eigenvalue weighted by Gasteiger charge is 2.08. The number of hydrogen-bond acceptors (Lipinski definition) is 2. The number of nitrogens with one attached hydrogen (secondary N) is 1. The third-order valence-corrected chi connectivity index (χ3v) is 2.93. The summed E-state index contributed by atoms with van der Waals surface area (Å²) in [7, 11) is 0. The van der Waals surface area contributed by atoms with E-state index in [-0.39, 0.29) is 11.9 Å². The molecule has 0 aliphatic rings. The predicted octanol–water partition coefficient (Wildman–Crippen LogP) is 4.36. The predicted molar refractivity (Wildman–Crippen MR) is 76.4 cm³/mol. The second-order valence-corrected chi connectivity index (χ2v) is 4.63. The zero-order chi connectivity index (χ0) is 13.7. The van der Waals surface area contributed by atoms with Gasteiger partial charge in [-0.15, -0.1) is 0 Å². The van der Waals surface area contributed by atoms with Gasteiger partial charge >= 0.3 is 0 Å². The van der Waals surface area contributed by atoms with Crippen LogP contribution in [0, 0.1) is 5.82 Å². The van der Waals surface area contributed by atoms with Gasteiger partial charge in [0.15, 0.2) is 0 Å². The van der Waals surface area contributed by atoms with Crippen LogP contribution in [0.3, 0.4) is 0 Å². The Morgan fingerprint density at radius 2 is 1.84 bits per heavy atom. The van der Waals surface area contributed by atoms with E-state index < -0.39 is 0 Å². The van der Waals surface area contributed by atoms with Gasteiger partial charge in [0.1, 0.15) is 17.7 Å². The van der Waals surface area contributed by atoms with Crippen LogP contribution in [0.5, 0.6) is 5.75 Å². The lowest BCUT2D eigenvalue weighted by atomic mass is 10.3. The van der Waals surface area contributed by atoms with Crippen LogP contribution in [0.25, 0.3) is 0 Å². The highest BCUT2D eigenvalue weighted by atomic mass is 35.5. The van der Waals surface area contributed by atoms with Crippen molar-refractivity contribution in [1.29, 1.82) is 0 Å². The zero-order valence-corrected chi connectivity index (χ0v) is 11.3. The van der Waals surface area contributed by atoms with E-state index in [2.05, 4.69) is 5.32 Å². The van der Waals surface area contributed by atoms with Crippen molar-refractivity contribution in [2.75, 3.05) is 11.9 Å². The largest absolute Gasteiger partial charge is 0.487 e. The first-order valence-corrected chi connectivity index (χ1v) is 6.44. The minimum absolute atomic E-state index is 0.125. The van der Waals surface area contributed by atoms with Gasteiger partial charge in [0.05, 0.1) is 17.3 Å². The minimum Gasteiger partial charge on any atom is -0.487 e. The Morgan fingerprint density at radius 3 is 2.58 bits per heavy atom. The molecular formula is C15H15ClFNO. The normalized spacial score (nSPS) is 11.9. The smallest absolute Gasteiger partial charge is 0.146 e. The van der Waals surface area contributed by atoms with Gasteiger partial charge in [-0.25, -0.2) is 4.39 Å². The van der Waals surface area contributed by atoms with Crippen LogP contribution >= 0.6 is 11.6 Å². The summed E-state index contributed by atoms with van der Waals surface area (Å²) in [6.07, 6.45) is -0.125. The molecule has 0 heterocycles. The van der Waals surface area contributed by atoms with E-state index in [0.717, 1.165) is 0 Å². The molecular weight excluding hydrogens is 265 g/mol. The number of para-hydroxylation sites is 2. The lowest BCUT2D eigenvalue weighted by molar-refractivity contribution is 0.235. The Labute approximate surface area is 117 Å². The van der Waals surface area contributed by atoms with E-state index in [4.69, 9.17) is 16.3 Å². The Bertz CT molecular complexity index is 547. The van der Waals surface area contributed by atoms with Gasteiger partial charge in [-0.2, -0.15) is 0 Å². The fraction of sp³-hybridized carbons (Fsp3) is 0.200. The number of anilines is 1. The highest BCUT2D eigenvalue weighted by Crippen LogP contribution is 2.24. The lowest BCUT2D eigenvalue weighted by Crippen LogP contribution is -2.23. The molecule has 2 aromatic rings. The minimum atomic E-state index is -0.271. The first-order valence-electron chi connectivity index (χ1n) is 6.06. The van der Waals surface area contributed by atoms with E-state index in [9.17, 15) is 4.39 Å². The fourth-order valence-corrected chi connectivity index (χ4v) is 1.84. The second kappa shape index (κ2) is 6.43. The third kappa shape index (κ3) is 3.86. The van der Waals surface area contributed by atoms with E-state index in [1.165, 1.54) is 6.07 Å². The van der Waals surface area contributed by atoms with Crippen molar-refractivity contribution in [3.05, 3.63) is 59.4 Å².